The molecule has 110 valence electrons. The maximum absolute atomic E-state index is 12.6. The Hall–Kier alpha value is -2.37. The molecule has 2 unspecified atom stereocenters. The lowest BCUT2D eigenvalue weighted by Crippen LogP contribution is -2.42. The van der Waals surface area contributed by atoms with Crippen LogP contribution in [0.15, 0.2) is 24.3 Å². The summed E-state index contributed by atoms with van der Waals surface area (Å²) in [5, 5.41) is 11.7. The van der Waals surface area contributed by atoms with Crippen molar-refractivity contribution in [3.05, 3.63) is 35.4 Å². The van der Waals surface area contributed by atoms with Crippen molar-refractivity contribution in [2.24, 2.45) is 0 Å². The number of carbonyl (C=O) groups is 3. The number of nitrogens with one attached hydrogen (secondary N) is 1. The van der Waals surface area contributed by atoms with Crippen LogP contribution in [0.4, 0.5) is 0 Å². The van der Waals surface area contributed by atoms with Crippen LogP contribution in [0.3, 0.4) is 0 Å². The Bertz CT molecular complexity index is 596. The number of carboxylic acids is 1. The van der Waals surface area contributed by atoms with Gasteiger partial charge in [0.25, 0.3) is 5.91 Å². The zero-order valence-corrected chi connectivity index (χ0v) is 11.4. The number of nitrogens with zero attached hydrogens (tertiary/aromatic N) is 1. The normalized spacial score (nSPS) is 24.4. The molecule has 0 spiro atoms. The van der Waals surface area contributed by atoms with Gasteiger partial charge in [0.15, 0.2) is 0 Å². The summed E-state index contributed by atoms with van der Waals surface area (Å²) in [6.07, 6.45) is 2.08. The van der Waals surface area contributed by atoms with E-state index in [1.54, 1.807) is 4.90 Å². The van der Waals surface area contributed by atoms with Crippen molar-refractivity contribution in [2.75, 3.05) is 6.54 Å². The van der Waals surface area contributed by atoms with Crippen molar-refractivity contribution in [3.8, 4) is 0 Å². The van der Waals surface area contributed by atoms with Gasteiger partial charge in [0.1, 0.15) is 0 Å². The SMILES string of the molecule is O=C1CC2CCC(CN1)N2C(=O)c1ccc(C(=O)O)cc1. The molecule has 2 aliphatic heterocycles. The topological polar surface area (TPSA) is 86.7 Å². The van der Waals surface area contributed by atoms with Gasteiger partial charge in [0.2, 0.25) is 5.91 Å². The lowest BCUT2D eigenvalue weighted by molar-refractivity contribution is -0.121. The number of benzene rings is 1. The molecule has 0 saturated carbocycles. The molecule has 2 N–H and O–H groups in total. The molecular weight excluding hydrogens is 272 g/mol. The van der Waals surface area contributed by atoms with Crippen LogP contribution in [-0.2, 0) is 4.79 Å². The average Bonchev–Trinajstić information content (AvgIpc) is 2.78. The Morgan fingerprint density at radius 2 is 1.71 bits per heavy atom. The Labute approximate surface area is 121 Å². The molecule has 21 heavy (non-hydrogen) atoms. The molecule has 2 heterocycles. The Morgan fingerprint density at radius 3 is 2.38 bits per heavy atom. The third kappa shape index (κ3) is 2.49. The predicted molar refractivity (Wildman–Crippen MR) is 74.0 cm³/mol. The minimum Gasteiger partial charge on any atom is -0.478 e. The van der Waals surface area contributed by atoms with Crippen molar-refractivity contribution in [1.82, 2.24) is 10.2 Å². The quantitative estimate of drug-likeness (QED) is 0.845. The maximum Gasteiger partial charge on any atom is 0.335 e. The minimum absolute atomic E-state index is 0.0128. The standard InChI is InChI=1S/C15H16N2O4/c18-13-7-11-5-6-12(8-16-13)17(11)14(19)9-1-3-10(4-2-9)15(20)21/h1-4,11-12H,5-8H2,(H,16,18)(H,20,21). The van der Waals surface area contributed by atoms with Crippen molar-refractivity contribution in [1.29, 1.82) is 0 Å². The van der Waals surface area contributed by atoms with Crippen LogP contribution in [0.1, 0.15) is 40.0 Å². The second-order valence-corrected chi connectivity index (χ2v) is 5.49. The second kappa shape index (κ2) is 5.20. The highest BCUT2D eigenvalue weighted by Crippen LogP contribution is 2.29. The van der Waals surface area contributed by atoms with E-state index in [4.69, 9.17) is 5.11 Å². The maximum atomic E-state index is 12.6. The first-order chi connectivity index (χ1) is 10.1. The van der Waals surface area contributed by atoms with Crippen molar-refractivity contribution in [2.45, 2.75) is 31.3 Å². The van der Waals surface area contributed by atoms with E-state index < -0.39 is 5.97 Å². The Balaban J connectivity index is 1.84. The van der Waals surface area contributed by atoms with Gasteiger partial charge in [-0.2, -0.15) is 0 Å². The number of fused-ring (bicyclic) bond motifs is 2. The summed E-state index contributed by atoms with van der Waals surface area (Å²) in [6.45, 7) is 0.494. The van der Waals surface area contributed by atoms with Gasteiger partial charge in [-0.25, -0.2) is 4.79 Å². The highest BCUT2D eigenvalue weighted by molar-refractivity contribution is 5.97. The fourth-order valence-electron chi connectivity index (χ4n) is 3.12. The molecule has 2 atom stereocenters. The van der Waals surface area contributed by atoms with E-state index in [1.807, 2.05) is 0 Å². The molecule has 2 amide bonds. The van der Waals surface area contributed by atoms with E-state index in [2.05, 4.69) is 5.32 Å². The first-order valence-electron chi connectivity index (χ1n) is 6.99. The van der Waals surface area contributed by atoms with Crippen LogP contribution < -0.4 is 5.32 Å². The Morgan fingerprint density at radius 1 is 1.10 bits per heavy atom. The molecule has 1 aromatic carbocycles. The van der Waals surface area contributed by atoms with Crippen LogP contribution in [-0.4, -0.2) is 46.4 Å². The van der Waals surface area contributed by atoms with Gasteiger partial charge >= 0.3 is 5.97 Å². The van der Waals surface area contributed by atoms with Gasteiger partial charge in [0.05, 0.1) is 5.56 Å². The smallest absolute Gasteiger partial charge is 0.335 e. The van der Waals surface area contributed by atoms with Gasteiger partial charge in [0, 0.05) is 30.6 Å². The first-order valence-corrected chi connectivity index (χ1v) is 6.99. The second-order valence-electron chi connectivity index (χ2n) is 5.49. The summed E-state index contributed by atoms with van der Waals surface area (Å²) in [6, 6.07) is 5.91. The molecule has 2 saturated heterocycles. The zero-order chi connectivity index (χ0) is 15.0. The van der Waals surface area contributed by atoms with Crippen LogP contribution >= 0.6 is 0 Å². The van der Waals surface area contributed by atoms with E-state index in [1.165, 1.54) is 24.3 Å². The summed E-state index contributed by atoms with van der Waals surface area (Å²) in [4.78, 5) is 36.8. The largest absolute Gasteiger partial charge is 0.478 e. The van der Waals surface area contributed by atoms with E-state index in [0.717, 1.165) is 12.8 Å². The van der Waals surface area contributed by atoms with E-state index >= 15 is 0 Å². The summed E-state index contributed by atoms with van der Waals surface area (Å²) >= 11 is 0. The molecule has 6 nitrogen and oxygen atoms in total. The molecule has 3 rings (SSSR count). The summed E-state index contributed by atoms with van der Waals surface area (Å²) in [5.41, 5.74) is 0.619. The number of hydrogen-bond donors (Lipinski definition) is 2. The van der Waals surface area contributed by atoms with Crippen molar-refractivity contribution < 1.29 is 19.5 Å². The van der Waals surface area contributed by atoms with Crippen LogP contribution in [0.2, 0.25) is 0 Å². The fourth-order valence-corrected chi connectivity index (χ4v) is 3.12. The Kier molecular flexibility index (Phi) is 3.37. The number of hydrogen-bond acceptors (Lipinski definition) is 3. The summed E-state index contributed by atoms with van der Waals surface area (Å²) in [7, 11) is 0. The molecule has 0 aromatic heterocycles. The highest BCUT2D eigenvalue weighted by atomic mass is 16.4. The van der Waals surface area contributed by atoms with Crippen molar-refractivity contribution in [3.63, 3.8) is 0 Å². The van der Waals surface area contributed by atoms with E-state index in [-0.39, 0.29) is 29.5 Å². The number of carbonyl (C=O) groups excluding carboxylic acids is 2. The monoisotopic (exact) mass is 288 g/mol. The molecule has 0 aliphatic carbocycles. The average molecular weight is 288 g/mol. The van der Waals surface area contributed by atoms with Gasteiger partial charge in [-0.1, -0.05) is 0 Å². The van der Waals surface area contributed by atoms with Crippen LogP contribution in [0.25, 0.3) is 0 Å². The zero-order valence-electron chi connectivity index (χ0n) is 11.4. The summed E-state index contributed by atoms with van der Waals surface area (Å²) < 4.78 is 0. The van der Waals surface area contributed by atoms with E-state index in [9.17, 15) is 14.4 Å². The highest BCUT2D eigenvalue weighted by Gasteiger charge is 2.40. The predicted octanol–water partition coefficient (Wildman–Crippen LogP) is 0.878. The molecular formula is C15H16N2O4. The van der Waals surface area contributed by atoms with Gasteiger partial charge in [-0.15, -0.1) is 0 Å². The molecule has 2 fully saturated rings. The molecule has 2 bridgehead atoms. The summed E-state index contributed by atoms with van der Waals surface area (Å²) in [5.74, 6) is -1.16. The minimum atomic E-state index is -1.02. The third-order valence-corrected chi connectivity index (χ3v) is 4.19. The fraction of sp³-hybridized carbons (Fsp3) is 0.400. The number of aromatic carboxylic acids is 1. The van der Waals surface area contributed by atoms with Gasteiger partial charge in [-0.3, -0.25) is 9.59 Å². The van der Waals surface area contributed by atoms with Crippen molar-refractivity contribution >= 4 is 17.8 Å². The lowest BCUT2D eigenvalue weighted by atomic mass is 10.1. The number of amides is 2. The number of rotatable bonds is 2. The van der Waals surface area contributed by atoms with Gasteiger partial charge in [-0.05, 0) is 37.1 Å². The molecule has 2 aliphatic rings. The van der Waals surface area contributed by atoms with E-state index in [0.29, 0.717) is 18.5 Å². The third-order valence-electron chi connectivity index (χ3n) is 4.19. The molecule has 1 aromatic rings. The number of carboxylic acid groups (broad SMARTS) is 1. The van der Waals surface area contributed by atoms with Crippen LogP contribution in [0.5, 0.6) is 0 Å². The molecule has 0 radical (unpaired) electrons. The van der Waals surface area contributed by atoms with Crippen LogP contribution in [0, 0.1) is 0 Å². The lowest BCUT2D eigenvalue weighted by Gasteiger charge is -2.27. The van der Waals surface area contributed by atoms with Gasteiger partial charge < -0.3 is 15.3 Å². The molecule has 6 heteroatoms. The first kappa shape index (κ1) is 13.6.